The molecule has 1 aliphatic heterocycles. The fourth-order valence-electron chi connectivity index (χ4n) is 1.97. The zero-order valence-electron chi connectivity index (χ0n) is 8.80. The molecule has 0 amide bonds. The van der Waals surface area contributed by atoms with E-state index in [-0.39, 0.29) is 0 Å². The molecule has 2 rings (SSSR count). The molecule has 0 bridgehead atoms. The van der Waals surface area contributed by atoms with Gasteiger partial charge in [0.2, 0.25) is 0 Å². The molecule has 84 valence electrons. The monoisotopic (exact) mass is 235 g/mol. The third-order valence-corrected chi connectivity index (χ3v) is 3.25. The predicted octanol–water partition coefficient (Wildman–Crippen LogP) is 2.06. The number of benzene rings is 1. The molecular weight excluding hydrogens is 222 g/mol. The normalized spacial score (nSPS) is 20.1. The first kappa shape index (κ1) is 11.1. The minimum absolute atomic E-state index is 0.451. The van der Waals surface area contributed by atoms with E-state index in [2.05, 4.69) is 0 Å². The summed E-state index contributed by atoms with van der Waals surface area (Å²) in [5, 5.41) is 9.08. The highest BCUT2D eigenvalue weighted by Gasteiger charge is 2.33. The van der Waals surface area contributed by atoms with Gasteiger partial charge in [-0.25, -0.2) is 4.79 Å². The Morgan fingerprint density at radius 2 is 2.12 bits per heavy atom. The molecule has 1 aromatic rings. The second kappa shape index (κ2) is 4.61. The van der Waals surface area contributed by atoms with Crippen LogP contribution in [0.3, 0.4) is 0 Å². The van der Waals surface area contributed by atoms with Gasteiger partial charge in [0.1, 0.15) is 6.04 Å². The van der Waals surface area contributed by atoms with E-state index in [1.54, 1.807) is 0 Å². The number of aliphatic carboxylic acids is 1. The van der Waals surface area contributed by atoms with Crippen LogP contribution < -0.4 is 0 Å². The van der Waals surface area contributed by atoms with Gasteiger partial charge in [-0.2, -0.15) is 0 Å². The smallest absolute Gasteiger partial charge is 0.326 e. The number of carbonyl (C=O) groups is 1. The summed E-state index contributed by atoms with van der Waals surface area (Å²) < 4.78 is 0. The standard InChI is InChI=1S/C12H13NO2S/c14-12(15)10-6-7-11(16)13(10)8-9-4-2-1-3-5-9/h1-5,10H,6-8H2,(H,14,15)/t10-/m0/s1. The highest BCUT2D eigenvalue weighted by molar-refractivity contribution is 7.80. The van der Waals surface area contributed by atoms with Crippen molar-refractivity contribution in [1.29, 1.82) is 0 Å². The Bertz CT molecular complexity index is 405. The average Bonchev–Trinajstić information content (AvgIpc) is 2.62. The summed E-state index contributed by atoms with van der Waals surface area (Å²) in [6.45, 7) is 0.594. The van der Waals surface area contributed by atoms with Crippen LogP contribution in [0.15, 0.2) is 30.3 Å². The number of hydrogen-bond donors (Lipinski definition) is 1. The molecule has 3 nitrogen and oxygen atoms in total. The van der Waals surface area contributed by atoms with Crippen molar-refractivity contribution in [2.45, 2.75) is 25.4 Å². The second-order valence-corrected chi connectivity index (χ2v) is 4.37. The van der Waals surface area contributed by atoms with Gasteiger partial charge in [-0.05, 0) is 12.0 Å². The third kappa shape index (κ3) is 2.22. The van der Waals surface area contributed by atoms with Crippen LogP contribution in [0.25, 0.3) is 0 Å². The second-order valence-electron chi connectivity index (χ2n) is 3.90. The highest BCUT2D eigenvalue weighted by Crippen LogP contribution is 2.22. The SMILES string of the molecule is O=C(O)[C@@H]1CCC(=S)N1Cc1ccccc1. The molecule has 1 N–H and O–H groups in total. The molecule has 0 saturated carbocycles. The summed E-state index contributed by atoms with van der Waals surface area (Å²) in [4.78, 5) is 13.6. The van der Waals surface area contributed by atoms with Gasteiger partial charge in [0.05, 0.1) is 4.99 Å². The number of rotatable bonds is 3. The highest BCUT2D eigenvalue weighted by atomic mass is 32.1. The Morgan fingerprint density at radius 1 is 1.44 bits per heavy atom. The minimum Gasteiger partial charge on any atom is -0.480 e. The summed E-state index contributed by atoms with van der Waals surface area (Å²) in [6.07, 6.45) is 1.33. The van der Waals surface area contributed by atoms with Crippen molar-refractivity contribution in [2.24, 2.45) is 0 Å². The predicted molar refractivity (Wildman–Crippen MR) is 65.2 cm³/mol. The van der Waals surface area contributed by atoms with Gasteiger partial charge in [-0.15, -0.1) is 0 Å². The summed E-state index contributed by atoms with van der Waals surface area (Å²) in [7, 11) is 0. The lowest BCUT2D eigenvalue weighted by Gasteiger charge is -2.23. The molecule has 1 aliphatic rings. The van der Waals surface area contributed by atoms with E-state index in [9.17, 15) is 4.79 Å². The number of hydrogen-bond acceptors (Lipinski definition) is 2. The molecule has 4 heteroatoms. The average molecular weight is 235 g/mol. The lowest BCUT2D eigenvalue weighted by atomic mass is 10.2. The van der Waals surface area contributed by atoms with Crippen LogP contribution in [0.5, 0.6) is 0 Å². The first-order valence-electron chi connectivity index (χ1n) is 5.24. The number of carboxylic acids is 1. The summed E-state index contributed by atoms with van der Waals surface area (Å²) in [5.41, 5.74) is 1.10. The minimum atomic E-state index is -0.782. The molecule has 1 aromatic carbocycles. The maximum Gasteiger partial charge on any atom is 0.326 e. The van der Waals surface area contributed by atoms with E-state index in [1.807, 2.05) is 35.2 Å². The molecule has 16 heavy (non-hydrogen) atoms. The van der Waals surface area contributed by atoms with E-state index in [0.717, 1.165) is 10.6 Å². The molecule has 0 radical (unpaired) electrons. The van der Waals surface area contributed by atoms with Gasteiger partial charge in [-0.1, -0.05) is 42.5 Å². The van der Waals surface area contributed by atoms with Crippen molar-refractivity contribution in [3.05, 3.63) is 35.9 Å². The number of thiocarbonyl (C=S) groups is 1. The van der Waals surface area contributed by atoms with Crippen LogP contribution in [0.4, 0.5) is 0 Å². The van der Waals surface area contributed by atoms with Crippen molar-refractivity contribution in [3.8, 4) is 0 Å². The molecular formula is C12H13NO2S. The Hall–Kier alpha value is -1.42. The molecule has 1 atom stereocenters. The Balaban J connectivity index is 2.13. The Morgan fingerprint density at radius 3 is 2.75 bits per heavy atom. The van der Waals surface area contributed by atoms with Gasteiger partial charge in [0.25, 0.3) is 0 Å². The molecule has 1 heterocycles. The van der Waals surface area contributed by atoms with Gasteiger partial charge in [0, 0.05) is 13.0 Å². The van der Waals surface area contributed by atoms with E-state index < -0.39 is 12.0 Å². The van der Waals surface area contributed by atoms with E-state index >= 15 is 0 Å². The number of carboxylic acid groups (broad SMARTS) is 1. The molecule has 1 saturated heterocycles. The van der Waals surface area contributed by atoms with Crippen LogP contribution in [-0.2, 0) is 11.3 Å². The first-order valence-corrected chi connectivity index (χ1v) is 5.65. The quantitative estimate of drug-likeness (QED) is 0.814. The van der Waals surface area contributed by atoms with Gasteiger partial charge < -0.3 is 10.0 Å². The summed E-state index contributed by atoms with van der Waals surface area (Å²) >= 11 is 5.20. The molecule has 0 unspecified atom stereocenters. The molecule has 1 fully saturated rings. The lowest BCUT2D eigenvalue weighted by molar-refractivity contribution is -0.141. The van der Waals surface area contributed by atoms with Crippen LogP contribution in [-0.4, -0.2) is 27.0 Å². The number of likely N-dealkylation sites (tertiary alicyclic amines) is 1. The fraction of sp³-hybridized carbons (Fsp3) is 0.333. The van der Waals surface area contributed by atoms with Crippen LogP contribution in [0.1, 0.15) is 18.4 Å². The van der Waals surface area contributed by atoms with Crippen molar-refractivity contribution in [2.75, 3.05) is 0 Å². The molecule has 0 aromatic heterocycles. The van der Waals surface area contributed by atoms with E-state index in [4.69, 9.17) is 17.3 Å². The molecule has 0 spiro atoms. The Labute approximate surface area is 99.7 Å². The van der Waals surface area contributed by atoms with Crippen LogP contribution in [0, 0.1) is 0 Å². The van der Waals surface area contributed by atoms with E-state index in [1.165, 1.54) is 0 Å². The van der Waals surface area contributed by atoms with Gasteiger partial charge in [0.15, 0.2) is 0 Å². The van der Waals surface area contributed by atoms with Gasteiger partial charge in [-0.3, -0.25) is 0 Å². The van der Waals surface area contributed by atoms with Crippen LogP contribution >= 0.6 is 12.2 Å². The topological polar surface area (TPSA) is 40.5 Å². The number of nitrogens with zero attached hydrogens (tertiary/aromatic N) is 1. The van der Waals surface area contributed by atoms with Crippen molar-refractivity contribution >= 4 is 23.2 Å². The lowest BCUT2D eigenvalue weighted by Crippen LogP contribution is -2.37. The largest absolute Gasteiger partial charge is 0.480 e. The van der Waals surface area contributed by atoms with Crippen LogP contribution in [0.2, 0.25) is 0 Å². The van der Waals surface area contributed by atoms with Crippen molar-refractivity contribution in [1.82, 2.24) is 4.90 Å². The Kier molecular flexibility index (Phi) is 3.19. The van der Waals surface area contributed by atoms with Crippen molar-refractivity contribution < 1.29 is 9.90 Å². The first-order chi connectivity index (χ1) is 7.68. The fourth-order valence-corrected chi connectivity index (χ4v) is 2.28. The maximum absolute atomic E-state index is 11.0. The molecule has 0 aliphatic carbocycles. The summed E-state index contributed by atoms with van der Waals surface area (Å²) in [5.74, 6) is -0.782. The zero-order chi connectivity index (χ0) is 11.5. The van der Waals surface area contributed by atoms with E-state index in [0.29, 0.717) is 19.4 Å². The summed E-state index contributed by atoms with van der Waals surface area (Å²) in [6, 6.07) is 9.36. The van der Waals surface area contributed by atoms with Crippen molar-refractivity contribution in [3.63, 3.8) is 0 Å². The maximum atomic E-state index is 11.0. The third-order valence-electron chi connectivity index (χ3n) is 2.81. The van der Waals surface area contributed by atoms with Gasteiger partial charge >= 0.3 is 5.97 Å². The zero-order valence-corrected chi connectivity index (χ0v) is 9.61.